The first-order valence-corrected chi connectivity index (χ1v) is 3.08. The van der Waals surface area contributed by atoms with Crippen molar-refractivity contribution >= 4 is 6.03 Å². The lowest BCUT2D eigenvalue weighted by Gasteiger charge is -2.08. The molecule has 0 aliphatic rings. The Bertz CT molecular complexity index is 133. The highest BCUT2D eigenvalue weighted by atomic mass is 16.2. The molecule has 0 atom stereocenters. The summed E-state index contributed by atoms with van der Waals surface area (Å²) < 4.78 is 0. The highest BCUT2D eigenvalue weighted by Crippen LogP contribution is 1.56. The van der Waals surface area contributed by atoms with E-state index in [0.717, 1.165) is 0 Å². The van der Waals surface area contributed by atoms with Crippen LogP contribution >= 0.6 is 0 Å². The van der Waals surface area contributed by atoms with Crippen LogP contribution in [0.2, 0.25) is 0 Å². The van der Waals surface area contributed by atoms with Gasteiger partial charge in [0.15, 0.2) is 0 Å². The van der Waals surface area contributed by atoms with Crippen LogP contribution in [-0.4, -0.2) is 19.1 Å². The van der Waals surface area contributed by atoms with Gasteiger partial charge in [-0.25, -0.2) is 9.69 Å². The molecule has 2 amide bonds. The van der Waals surface area contributed by atoms with Gasteiger partial charge in [0, 0.05) is 0 Å². The molecule has 0 unspecified atom stereocenters. The molecule has 0 fully saturated rings. The fraction of sp³-hybridized carbons (Fsp3) is 0.286. The number of rotatable bonds is 4. The zero-order valence-corrected chi connectivity index (χ0v) is 5.97. The second kappa shape index (κ2) is 4.76. The van der Waals surface area contributed by atoms with Gasteiger partial charge in [-0.2, -0.15) is 0 Å². The molecule has 56 valence electrons. The number of nitrogens with two attached hydrogens (primary N) is 1. The van der Waals surface area contributed by atoms with Gasteiger partial charge in [0.05, 0.1) is 0 Å². The summed E-state index contributed by atoms with van der Waals surface area (Å²) >= 11 is 0. The van der Waals surface area contributed by atoms with Gasteiger partial charge in [-0.3, -0.25) is 0 Å². The number of quaternary nitrogens is 1. The zero-order valence-electron chi connectivity index (χ0n) is 5.97. The average Bonchev–Trinajstić information content (AvgIpc) is 1.87. The molecule has 3 N–H and O–H groups in total. The maximum atomic E-state index is 10.6. The number of nitrogens with one attached hydrogen (secondary N) is 1. The lowest BCUT2D eigenvalue weighted by Crippen LogP contribution is -3.15. The molecule has 0 radical (unpaired) electrons. The van der Waals surface area contributed by atoms with Crippen molar-refractivity contribution in [2.45, 2.75) is 0 Å². The number of hydrogen-bond acceptors (Lipinski definition) is 1. The zero-order chi connectivity index (χ0) is 7.98. The largest absolute Gasteiger partial charge is 0.412 e. The van der Waals surface area contributed by atoms with Gasteiger partial charge in [0.2, 0.25) is 0 Å². The third kappa shape index (κ3) is 3.04. The van der Waals surface area contributed by atoms with Crippen LogP contribution in [0.25, 0.3) is 0 Å². The minimum absolute atomic E-state index is 0.361. The predicted octanol–water partition coefficient (Wildman–Crippen LogP) is -0.678. The van der Waals surface area contributed by atoms with Gasteiger partial charge in [-0.1, -0.05) is 13.2 Å². The van der Waals surface area contributed by atoms with Gasteiger partial charge in [-0.05, 0) is 12.2 Å². The van der Waals surface area contributed by atoms with Crippen molar-refractivity contribution in [3.8, 4) is 0 Å². The monoisotopic (exact) mass is 141 g/mol. The summed E-state index contributed by atoms with van der Waals surface area (Å²) in [4.78, 5) is 11.2. The van der Waals surface area contributed by atoms with Crippen LogP contribution in [0.1, 0.15) is 0 Å². The Hall–Kier alpha value is -1.09. The number of hydrogen-bond donors (Lipinski definition) is 2. The Labute approximate surface area is 60.8 Å². The molecular weight excluding hydrogens is 128 g/mol. The van der Waals surface area contributed by atoms with Crippen LogP contribution in [0.3, 0.4) is 0 Å². The first-order valence-electron chi connectivity index (χ1n) is 3.08. The number of amides is 2. The van der Waals surface area contributed by atoms with E-state index in [9.17, 15) is 4.79 Å². The van der Waals surface area contributed by atoms with Gasteiger partial charge >= 0.3 is 6.03 Å². The number of urea groups is 1. The van der Waals surface area contributed by atoms with E-state index in [1.165, 1.54) is 0 Å². The lowest BCUT2D eigenvalue weighted by atomic mass is 10.5. The van der Waals surface area contributed by atoms with Crippen LogP contribution in [0, 0.1) is 0 Å². The van der Waals surface area contributed by atoms with Crippen molar-refractivity contribution in [3.05, 3.63) is 25.3 Å². The van der Waals surface area contributed by atoms with E-state index in [-0.39, 0.29) is 6.03 Å². The van der Waals surface area contributed by atoms with Crippen molar-refractivity contribution in [3.63, 3.8) is 0 Å². The average molecular weight is 141 g/mol. The predicted molar refractivity (Wildman–Crippen MR) is 40.7 cm³/mol. The van der Waals surface area contributed by atoms with E-state index in [1.54, 1.807) is 12.2 Å². The summed E-state index contributed by atoms with van der Waals surface area (Å²) in [5.41, 5.74) is 5.04. The molecule has 10 heavy (non-hydrogen) atoms. The quantitative estimate of drug-likeness (QED) is 0.501. The SMILES string of the molecule is C=CC[NH+](CC=C)C(N)=O. The highest BCUT2D eigenvalue weighted by molar-refractivity contribution is 5.61. The summed E-state index contributed by atoms with van der Waals surface area (Å²) in [6.45, 7) is 8.12. The third-order valence-electron chi connectivity index (χ3n) is 1.13. The molecular formula is C7H13N2O+. The molecule has 0 bridgehead atoms. The van der Waals surface area contributed by atoms with E-state index in [0.29, 0.717) is 18.0 Å². The van der Waals surface area contributed by atoms with Gasteiger partial charge in [0.1, 0.15) is 13.1 Å². The van der Waals surface area contributed by atoms with Crippen molar-refractivity contribution in [2.75, 3.05) is 13.1 Å². The van der Waals surface area contributed by atoms with Gasteiger partial charge in [0.25, 0.3) is 0 Å². The normalized spacial score (nSPS) is 9.30. The molecule has 0 heterocycles. The van der Waals surface area contributed by atoms with Gasteiger partial charge in [-0.15, -0.1) is 0 Å². The summed E-state index contributed by atoms with van der Waals surface area (Å²) in [7, 11) is 0. The molecule has 0 spiro atoms. The number of carbonyl (C=O) groups excluding carboxylic acids is 1. The van der Waals surface area contributed by atoms with E-state index in [2.05, 4.69) is 13.2 Å². The van der Waals surface area contributed by atoms with Crippen LogP contribution < -0.4 is 10.6 Å². The Morgan fingerprint density at radius 2 is 1.80 bits per heavy atom. The smallest absolute Gasteiger partial charge is 0.319 e. The van der Waals surface area contributed by atoms with Crippen LogP contribution in [-0.2, 0) is 0 Å². The van der Waals surface area contributed by atoms with Crippen LogP contribution in [0.5, 0.6) is 0 Å². The maximum absolute atomic E-state index is 10.6. The molecule has 0 saturated heterocycles. The molecule has 3 nitrogen and oxygen atoms in total. The van der Waals surface area contributed by atoms with E-state index >= 15 is 0 Å². The fourth-order valence-electron chi connectivity index (χ4n) is 0.633. The minimum atomic E-state index is -0.361. The first kappa shape index (κ1) is 8.91. The number of carbonyl (C=O) groups is 1. The van der Waals surface area contributed by atoms with Gasteiger partial charge < -0.3 is 5.73 Å². The van der Waals surface area contributed by atoms with Crippen LogP contribution in [0.4, 0.5) is 4.79 Å². The van der Waals surface area contributed by atoms with E-state index < -0.39 is 0 Å². The van der Waals surface area contributed by atoms with Crippen molar-refractivity contribution in [1.29, 1.82) is 0 Å². The summed E-state index contributed by atoms with van der Waals surface area (Å²) in [6.07, 6.45) is 3.31. The summed E-state index contributed by atoms with van der Waals surface area (Å²) in [5.74, 6) is 0. The molecule has 0 aliphatic heterocycles. The molecule has 0 aromatic heterocycles. The second-order valence-corrected chi connectivity index (χ2v) is 1.95. The number of primary amides is 1. The summed E-state index contributed by atoms with van der Waals surface area (Å²) in [5, 5.41) is 0. The third-order valence-corrected chi connectivity index (χ3v) is 1.13. The Morgan fingerprint density at radius 3 is 2.00 bits per heavy atom. The maximum Gasteiger partial charge on any atom is 0.412 e. The summed E-state index contributed by atoms with van der Waals surface area (Å²) in [6, 6.07) is -0.361. The Kier molecular flexibility index (Phi) is 4.24. The Morgan fingerprint density at radius 1 is 1.40 bits per heavy atom. The standard InChI is InChI=1S/C7H12N2O/c1-3-5-9(6-4-2)7(8)10/h3-4H,1-2,5-6H2,(H2,8,10)/p+1. The molecule has 0 aliphatic carbocycles. The molecule has 3 heteroatoms. The van der Waals surface area contributed by atoms with Crippen LogP contribution in [0.15, 0.2) is 25.3 Å². The Balaban J connectivity index is 3.83. The topological polar surface area (TPSA) is 47.5 Å². The van der Waals surface area contributed by atoms with Crippen molar-refractivity contribution < 1.29 is 9.69 Å². The second-order valence-electron chi connectivity index (χ2n) is 1.95. The first-order chi connectivity index (χ1) is 4.72. The molecule has 0 aromatic carbocycles. The fourth-order valence-corrected chi connectivity index (χ4v) is 0.633. The van der Waals surface area contributed by atoms with Crippen molar-refractivity contribution in [2.24, 2.45) is 5.73 Å². The highest BCUT2D eigenvalue weighted by Gasteiger charge is 2.09. The minimum Gasteiger partial charge on any atom is -0.319 e. The molecule has 0 saturated carbocycles. The van der Waals surface area contributed by atoms with E-state index in [1.807, 2.05) is 0 Å². The lowest BCUT2D eigenvalue weighted by molar-refractivity contribution is -0.800. The van der Waals surface area contributed by atoms with E-state index in [4.69, 9.17) is 5.73 Å². The van der Waals surface area contributed by atoms with Crippen molar-refractivity contribution in [1.82, 2.24) is 0 Å². The molecule has 0 rings (SSSR count). The molecule has 0 aromatic rings.